The van der Waals surface area contributed by atoms with Crippen molar-refractivity contribution in [2.75, 3.05) is 10.6 Å². The second-order valence-corrected chi connectivity index (χ2v) is 6.67. The Morgan fingerprint density at radius 1 is 1.04 bits per heavy atom. The molecule has 2 aromatic carbocycles. The number of para-hydroxylation sites is 1. The van der Waals surface area contributed by atoms with E-state index in [0.717, 1.165) is 5.56 Å². The Morgan fingerprint density at radius 2 is 1.78 bits per heavy atom. The van der Waals surface area contributed by atoms with Gasteiger partial charge >= 0.3 is 0 Å². The maximum Gasteiger partial charge on any atom is 0.261 e. The largest absolute Gasteiger partial charge is 0.360 e. The highest BCUT2D eigenvalue weighted by atomic mass is 16.2. The van der Waals surface area contributed by atoms with Gasteiger partial charge in [0, 0.05) is 35.4 Å². The van der Waals surface area contributed by atoms with Crippen molar-refractivity contribution in [2.24, 2.45) is 0 Å². The molecule has 0 atom stereocenters. The van der Waals surface area contributed by atoms with Gasteiger partial charge in [0.2, 0.25) is 11.3 Å². The van der Waals surface area contributed by atoms with Crippen molar-refractivity contribution in [3.8, 4) is 0 Å². The number of hydrogen-bond acceptors (Lipinski definition) is 3. The van der Waals surface area contributed by atoms with Gasteiger partial charge in [0.25, 0.3) is 5.91 Å². The number of H-pyrrole nitrogens is 1. The predicted octanol–water partition coefficient (Wildman–Crippen LogP) is 3.86. The van der Waals surface area contributed by atoms with Gasteiger partial charge in [-0.2, -0.15) is 0 Å². The Morgan fingerprint density at radius 3 is 2.48 bits per heavy atom. The smallest absolute Gasteiger partial charge is 0.261 e. The third kappa shape index (κ3) is 3.89. The summed E-state index contributed by atoms with van der Waals surface area (Å²) >= 11 is 0. The molecule has 0 saturated heterocycles. The molecule has 3 rings (SSSR count). The van der Waals surface area contributed by atoms with Gasteiger partial charge in [0.15, 0.2) is 0 Å². The highest BCUT2D eigenvalue weighted by Crippen LogP contribution is 2.28. The lowest BCUT2D eigenvalue weighted by molar-refractivity contribution is -0.114. The third-order valence-corrected chi connectivity index (χ3v) is 4.28. The standard InChI is InChI=1S/C21H21N3O3/c1-12(2)15-9-8-14(23-13(3)25)10-19(15)24-21(27)17-11-22-18-7-5-4-6-16(18)20(17)26/h4-12H,1-3H3,(H,22,26)(H,23,25)(H,24,27). The molecule has 0 spiro atoms. The van der Waals surface area contributed by atoms with E-state index in [0.29, 0.717) is 22.3 Å². The van der Waals surface area contributed by atoms with Crippen molar-refractivity contribution < 1.29 is 9.59 Å². The van der Waals surface area contributed by atoms with Crippen molar-refractivity contribution in [1.29, 1.82) is 0 Å². The number of rotatable bonds is 4. The fraction of sp³-hybridized carbons (Fsp3) is 0.190. The molecule has 3 N–H and O–H groups in total. The number of nitrogens with one attached hydrogen (secondary N) is 3. The summed E-state index contributed by atoms with van der Waals surface area (Å²) in [6.45, 7) is 5.43. The molecule has 0 aliphatic carbocycles. The van der Waals surface area contributed by atoms with Gasteiger partial charge < -0.3 is 15.6 Å². The summed E-state index contributed by atoms with van der Waals surface area (Å²) in [5.74, 6) is -0.541. The van der Waals surface area contributed by atoms with Crippen LogP contribution in [0.3, 0.4) is 0 Å². The molecule has 1 heterocycles. The van der Waals surface area contributed by atoms with Gasteiger partial charge in [0.05, 0.1) is 0 Å². The summed E-state index contributed by atoms with van der Waals surface area (Å²) in [5.41, 5.74) is 2.44. The number of carbonyl (C=O) groups excluding carboxylic acids is 2. The van der Waals surface area contributed by atoms with E-state index >= 15 is 0 Å². The minimum Gasteiger partial charge on any atom is -0.360 e. The van der Waals surface area contributed by atoms with E-state index in [1.54, 1.807) is 30.3 Å². The van der Waals surface area contributed by atoms with E-state index < -0.39 is 5.91 Å². The van der Waals surface area contributed by atoms with Crippen LogP contribution in [-0.2, 0) is 4.79 Å². The van der Waals surface area contributed by atoms with Crippen LogP contribution in [0.15, 0.2) is 53.5 Å². The summed E-state index contributed by atoms with van der Waals surface area (Å²) < 4.78 is 0. The normalized spacial score (nSPS) is 10.8. The summed E-state index contributed by atoms with van der Waals surface area (Å²) in [5, 5.41) is 5.98. The van der Waals surface area contributed by atoms with Crippen LogP contribution in [0.5, 0.6) is 0 Å². The molecule has 0 radical (unpaired) electrons. The van der Waals surface area contributed by atoms with Crippen molar-refractivity contribution in [1.82, 2.24) is 4.98 Å². The maximum absolute atomic E-state index is 12.8. The highest BCUT2D eigenvalue weighted by molar-refractivity contribution is 6.06. The van der Waals surface area contributed by atoms with Crippen LogP contribution in [0, 0.1) is 0 Å². The zero-order valence-corrected chi connectivity index (χ0v) is 15.4. The van der Waals surface area contributed by atoms with Gasteiger partial charge in [-0.3, -0.25) is 14.4 Å². The van der Waals surface area contributed by atoms with E-state index in [2.05, 4.69) is 15.6 Å². The van der Waals surface area contributed by atoms with E-state index in [1.165, 1.54) is 13.1 Å². The Kier molecular flexibility index (Phi) is 5.07. The Labute approximate surface area is 156 Å². The fourth-order valence-corrected chi connectivity index (χ4v) is 2.97. The fourth-order valence-electron chi connectivity index (χ4n) is 2.97. The van der Waals surface area contributed by atoms with Crippen molar-refractivity contribution in [2.45, 2.75) is 26.7 Å². The van der Waals surface area contributed by atoms with Gasteiger partial charge in [-0.15, -0.1) is 0 Å². The quantitative estimate of drug-likeness (QED) is 0.657. The minimum atomic E-state index is -0.496. The number of carbonyl (C=O) groups is 2. The highest BCUT2D eigenvalue weighted by Gasteiger charge is 2.16. The molecule has 2 amide bonds. The average Bonchev–Trinajstić information content (AvgIpc) is 2.61. The molecule has 1 aromatic heterocycles. The van der Waals surface area contributed by atoms with Crippen LogP contribution < -0.4 is 16.1 Å². The first kappa shape index (κ1) is 18.4. The first-order chi connectivity index (χ1) is 12.9. The minimum absolute atomic E-state index is 0.0355. The van der Waals surface area contributed by atoms with Crippen LogP contribution in [0.1, 0.15) is 42.6 Å². The molecule has 0 saturated carbocycles. The molecule has 0 unspecified atom stereocenters. The topological polar surface area (TPSA) is 91.1 Å². The molecule has 0 fully saturated rings. The Balaban J connectivity index is 1.99. The van der Waals surface area contributed by atoms with Gasteiger partial charge in [0.1, 0.15) is 5.56 Å². The number of anilines is 2. The van der Waals surface area contributed by atoms with Crippen LogP contribution >= 0.6 is 0 Å². The van der Waals surface area contributed by atoms with Crippen molar-refractivity contribution in [3.63, 3.8) is 0 Å². The molecule has 27 heavy (non-hydrogen) atoms. The summed E-state index contributed by atoms with van der Waals surface area (Å²) in [6, 6.07) is 12.4. The number of amides is 2. The number of fused-ring (bicyclic) bond motifs is 1. The van der Waals surface area contributed by atoms with Gasteiger partial charge in [-0.25, -0.2) is 0 Å². The first-order valence-electron chi connectivity index (χ1n) is 8.70. The first-order valence-corrected chi connectivity index (χ1v) is 8.70. The van der Waals surface area contributed by atoms with Gasteiger partial charge in [-0.1, -0.05) is 32.0 Å². The molecular formula is C21H21N3O3. The maximum atomic E-state index is 12.8. The molecular weight excluding hydrogens is 342 g/mol. The van der Waals surface area contributed by atoms with Crippen LogP contribution in [0.2, 0.25) is 0 Å². The summed E-state index contributed by atoms with van der Waals surface area (Å²) in [7, 11) is 0. The lowest BCUT2D eigenvalue weighted by Gasteiger charge is -2.16. The zero-order chi connectivity index (χ0) is 19.6. The lowest BCUT2D eigenvalue weighted by atomic mass is 10.00. The number of pyridine rings is 1. The Hall–Kier alpha value is -3.41. The van der Waals surface area contributed by atoms with E-state index in [1.807, 2.05) is 26.0 Å². The summed E-state index contributed by atoms with van der Waals surface area (Å²) in [6.07, 6.45) is 1.42. The van der Waals surface area contributed by atoms with Gasteiger partial charge in [-0.05, 0) is 35.7 Å². The van der Waals surface area contributed by atoms with Crippen molar-refractivity contribution >= 4 is 34.1 Å². The second-order valence-electron chi connectivity index (χ2n) is 6.67. The number of aromatic nitrogens is 1. The van der Waals surface area contributed by atoms with E-state index in [9.17, 15) is 14.4 Å². The van der Waals surface area contributed by atoms with Crippen LogP contribution in [0.25, 0.3) is 10.9 Å². The number of hydrogen-bond donors (Lipinski definition) is 3. The van der Waals surface area contributed by atoms with E-state index in [4.69, 9.17) is 0 Å². The average molecular weight is 363 g/mol. The lowest BCUT2D eigenvalue weighted by Crippen LogP contribution is -2.22. The molecule has 0 aliphatic heterocycles. The number of aromatic amines is 1. The second kappa shape index (κ2) is 7.45. The predicted molar refractivity (Wildman–Crippen MR) is 107 cm³/mol. The van der Waals surface area contributed by atoms with Crippen LogP contribution in [-0.4, -0.2) is 16.8 Å². The third-order valence-electron chi connectivity index (χ3n) is 4.28. The zero-order valence-electron chi connectivity index (χ0n) is 15.4. The molecule has 6 nitrogen and oxygen atoms in total. The van der Waals surface area contributed by atoms with Crippen LogP contribution in [0.4, 0.5) is 11.4 Å². The molecule has 138 valence electrons. The monoisotopic (exact) mass is 363 g/mol. The van der Waals surface area contributed by atoms with Crippen molar-refractivity contribution in [3.05, 3.63) is 70.0 Å². The molecule has 0 aliphatic rings. The SMILES string of the molecule is CC(=O)Nc1ccc(C(C)C)c(NC(=O)c2c[nH]c3ccccc3c2=O)c1. The van der Waals surface area contributed by atoms with E-state index in [-0.39, 0.29) is 22.8 Å². The summed E-state index contributed by atoms with van der Waals surface area (Å²) in [4.78, 5) is 39.7. The molecule has 3 aromatic rings. The Bertz CT molecular complexity index is 1080. The molecule has 0 bridgehead atoms. The molecule has 6 heteroatoms. The number of benzene rings is 2.